The quantitative estimate of drug-likeness (QED) is 0.625. The van der Waals surface area contributed by atoms with Crippen LogP contribution in [0, 0.1) is 11.6 Å². The van der Waals surface area contributed by atoms with E-state index in [0.29, 0.717) is 16.9 Å². The van der Waals surface area contributed by atoms with Gasteiger partial charge in [0.2, 0.25) is 0 Å². The van der Waals surface area contributed by atoms with Crippen LogP contribution in [0.5, 0.6) is 5.75 Å². The third-order valence-electron chi connectivity index (χ3n) is 5.95. The van der Waals surface area contributed by atoms with Crippen LogP contribution in [0.1, 0.15) is 11.6 Å². The molecule has 1 unspecified atom stereocenters. The van der Waals surface area contributed by atoms with Crippen molar-refractivity contribution in [2.24, 2.45) is 0 Å². The number of halogens is 2. The number of aromatic hydroxyl groups is 1. The third kappa shape index (κ3) is 4.06. The predicted octanol–water partition coefficient (Wildman–Crippen LogP) is 4.17. The number of cyclic esters (lactones) is 1. The van der Waals surface area contributed by atoms with Gasteiger partial charge in [-0.1, -0.05) is 12.1 Å². The average Bonchev–Trinajstić information content (AvgIpc) is 3.18. The molecular weight excluding hydrogens is 446 g/mol. The van der Waals surface area contributed by atoms with Gasteiger partial charge in [0.1, 0.15) is 36.1 Å². The van der Waals surface area contributed by atoms with E-state index in [4.69, 9.17) is 9.47 Å². The first kappa shape index (κ1) is 21.8. The zero-order valence-electron chi connectivity index (χ0n) is 17.8. The zero-order chi connectivity index (χ0) is 23.8. The summed E-state index contributed by atoms with van der Waals surface area (Å²) >= 11 is 0. The fourth-order valence-corrected chi connectivity index (χ4v) is 4.32. The summed E-state index contributed by atoms with van der Waals surface area (Å²) in [5.74, 6) is -1.11. The van der Waals surface area contributed by atoms with E-state index in [1.165, 1.54) is 70.5 Å². The summed E-state index contributed by atoms with van der Waals surface area (Å²) in [6, 6.07) is 16.6. The van der Waals surface area contributed by atoms with E-state index in [2.05, 4.69) is 0 Å². The van der Waals surface area contributed by atoms with Crippen LogP contribution in [0.2, 0.25) is 0 Å². The van der Waals surface area contributed by atoms with Crippen molar-refractivity contribution in [2.75, 3.05) is 23.0 Å². The molecule has 0 radical (unpaired) electrons. The Morgan fingerprint density at radius 3 is 2.03 bits per heavy atom. The average molecular weight is 466 g/mol. The first-order valence-electron chi connectivity index (χ1n) is 10.6. The Hall–Kier alpha value is -3.98. The topological polar surface area (TPSA) is 79.3 Å². The monoisotopic (exact) mass is 466 g/mol. The van der Waals surface area contributed by atoms with Crippen LogP contribution in [0.4, 0.5) is 25.0 Å². The van der Waals surface area contributed by atoms with E-state index in [0.717, 1.165) is 0 Å². The molecule has 3 atom stereocenters. The first-order valence-corrected chi connectivity index (χ1v) is 10.6. The van der Waals surface area contributed by atoms with Crippen molar-refractivity contribution in [1.82, 2.24) is 0 Å². The van der Waals surface area contributed by atoms with E-state index >= 15 is 0 Å². The molecule has 2 heterocycles. The van der Waals surface area contributed by atoms with Gasteiger partial charge in [0.15, 0.2) is 6.10 Å². The van der Waals surface area contributed by atoms with Crippen LogP contribution in [0.3, 0.4) is 0 Å². The van der Waals surface area contributed by atoms with Crippen molar-refractivity contribution in [3.63, 3.8) is 0 Å². The highest BCUT2D eigenvalue weighted by Crippen LogP contribution is 2.40. The second-order valence-electron chi connectivity index (χ2n) is 8.06. The van der Waals surface area contributed by atoms with Gasteiger partial charge in [-0.15, -0.1) is 0 Å². The molecule has 2 saturated heterocycles. The van der Waals surface area contributed by atoms with Gasteiger partial charge < -0.3 is 19.5 Å². The van der Waals surface area contributed by atoms with Gasteiger partial charge in [0, 0.05) is 11.4 Å². The number of carbonyl (C=O) groups excluding carboxylic acids is 2. The summed E-state index contributed by atoms with van der Waals surface area (Å²) in [4.78, 5) is 28.4. The number of morpholine rings is 1. The molecule has 34 heavy (non-hydrogen) atoms. The highest BCUT2D eigenvalue weighted by atomic mass is 19.1. The molecule has 3 aromatic carbocycles. The molecule has 5 rings (SSSR count). The van der Waals surface area contributed by atoms with Crippen molar-refractivity contribution < 1.29 is 33.0 Å². The fourth-order valence-electron chi connectivity index (χ4n) is 4.32. The Morgan fingerprint density at radius 2 is 1.41 bits per heavy atom. The molecule has 1 N–H and O–H groups in total. The maximum absolute atomic E-state index is 13.5. The summed E-state index contributed by atoms with van der Waals surface area (Å²) in [5, 5.41) is 9.74. The second kappa shape index (κ2) is 8.75. The van der Waals surface area contributed by atoms with Gasteiger partial charge in [-0.3, -0.25) is 9.69 Å². The molecule has 0 aliphatic carbocycles. The van der Waals surface area contributed by atoms with Crippen molar-refractivity contribution in [3.8, 4) is 5.75 Å². The molecule has 2 fully saturated rings. The molecule has 0 spiro atoms. The summed E-state index contributed by atoms with van der Waals surface area (Å²) < 4.78 is 38.4. The molecule has 0 saturated carbocycles. The first-order chi connectivity index (χ1) is 16.4. The largest absolute Gasteiger partial charge is 0.508 e. The SMILES string of the molecule is O=C1CO[C@H](C2OC(=O)N(c3ccc(F)cc3)[C@@H]2c2ccc(O)cc2)CN1c1ccc(F)cc1. The normalized spacial score (nSPS) is 22.7. The van der Waals surface area contributed by atoms with Gasteiger partial charge in [-0.2, -0.15) is 0 Å². The van der Waals surface area contributed by atoms with E-state index in [1.54, 1.807) is 12.1 Å². The molecule has 7 nitrogen and oxygen atoms in total. The number of phenols is 1. The van der Waals surface area contributed by atoms with Crippen LogP contribution < -0.4 is 9.80 Å². The number of hydrogen-bond acceptors (Lipinski definition) is 5. The number of benzene rings is 3. The number of hydrogen-bond donors (Lipinski definition) is 1. The van der Waals surface area contributed by atoms with Gasteiger partial charge in [-0.05, 0) is 66.2 Å². The van der Waals surface area contributed by atoms with Crippen LogP contribution in [-0.4, -0.2) is 42.5 Å². The number of nitrogens with zero attached hydrogens (tertiary/aromatic N) is 2. The Balaban J connectivity index is 1.50. The van der Waals surface area contributed by atoms with Crippen molar-refractivity contribution >= 4 is 23.4 Å². The lowest BCUT2D eigenvalue weighted by atomic mass is 9.95. The van der Waals surface area contributed by atoms with Gasteiger partial charge in [0.25, 0.3) is 5.91 Å². The number of anilines is 2. The van der Waals surface area contributed by atoms with Crippen molar-refractivity contribution in [2.45, 2.75) is 18.2 Å². The molecule has 2 amide bonds. The van der Waals surface area contributed by atoms with E-state index in [9.17, 15) is 23.5 Å². The summed E-state index contributed by atoms with van der Waals surface area (Å²) in [5.41, 5.74) is 1.58. The van der Waals surface area contributed by atoms with Crippen LogP contribution in [-0.2, 0) is 14.3 Å². The summed E-state index contributed by atoms with van der Waals surface area (Å²) in [6.45, 7) is -0.163. The lowest BCUT2D eigenvalue weighted by Gasteiger charge is -2.36. The van der Waals surface area contributed by atoms with E-state index in [-0.39, 0.29) is 24.8 Å². The maximum atomic E-state index is 13.5. The zero-order valence-corrected chi connectivity index (χ0v) is 17.8. The summed E-state index contributed by atoms with van der Waals surface area (Å²) in [7, 11) is 0. The lowest BCUT2D eigenvalue weighted by molar-refractivity contribution is -0.133. The van der Waals surface area contributed by atoms with Gasteiger partial charge >= 0.3 is 6.09 Å². The Morgan fingerprint density at radius 1 is 0.824 bits per heavy atom. The standard InChI is InChI=1S/C25H20F2N2O5/c26-16-3-7-18(8-4-16)28-13-21(33-14-22(28)31)24-23(15-1-11-20(30)12-2-15)29(25(32)34-24)19-9-5-17(27)6-10-19/h1-12,21,23-24,30H,13-14H2/t21-,23+,24?/m0/s1. The second-order valence-corrected chi connectivity index (χ2v) is 8.06. The number of phenolic OH excluding ortho intramolecular Hbond substituents is 1. The van der Waals surface area contributed by atoms with Crippen LogP contribution >= 0.6 is 0 Å². The highest BCUT2D eigenvalue weighted by Gasteiger charge is 2.49. The Kier molecular flexibility index (Phi) is 5.62. The fraction of sp³-hybridized carbons (Fsp3) is 0.200. The smallest absolute Gasteiger partial charge is 0.415 e. The molecule has 3 aromatic rings. The Bertz CT molecular complexity index is 1200. The molecule has 0 aromatic heterocycles. The maximum Gasteiger partial charge on any atom is 0.415 e. The van der Waals surface area contributed by atoms with E-state index < -0.39 is 36.0 Å². The molecule has 174 valence electrons. The number of carbonyl (C=O) groups is 2. The minimum absolute atomic E-state index is 0.0564. The van der Waals surface area contributed by atoms with Crippen molar-refractivity contribution in [1.29, 1.82) is 0 Å². The summed E-state index contributed by atoms with van der Waals surface area (Å²) in [6.07, 6.45) is -2.17. The van der Waals surface area contributed by atoms with Crippen LogP contribution in [0.25, 0.3) is 0 Å². The third-order valence-corrected chi connectivity index (χ3v) is 5.95. The molecule has 9 heteroatoms. The van der Waals surface area contributed by atoms with Crippen LogP contribution in [0.15, 0.2) is 72.8 Å². The minimum atomic E-state index is -0.821. The van der Waals surface area contributed by atoms with Crippen molar-refractivity contribution in [3.05, 3.63) is 90.0 Å². The highest BCUT2D eigenvalue weighted by molar-refractivity contribution is 5.95. The Labute approximate surface area is 193 Å². The molecular formula is C25H20F2N2O5. The van der Waals surface area contributed by atoms with Gasteiger partial charge in [-0.25, -0.2) is 13.6 Å². The predicted molar refractivity (Wildman–Crippen MR) is 118 cm³/mol. The number of amides is 2. The minimum Gasteiger partial charge on any atom is -0.508 e. The van der Waals surface area contributed by atoms with Gasteiger partial charge in [0.05, 0.1) is 6.54 Å². The lowest BCUT2D eigenvalue weighted by Crippen LogP contribution is -2.52. The molecule has 0 bridgehead atoms. The number of rotatable bonds is 4. The van der Waals surface area contributed by atoms with E-state index in [1.807, 2.05) is 0 Å². The molecule has 2 aliphatic rings. The number of ether oxygens (including phenoxy) is 2. The molecule has 2 aliphatic heterocycles.